The van der Waals surface area contributed by atoms with Gasteiger partial charge in [0.05, 0.1) is 6.54 Å². The van der Waals surface area contributed by atoms with Crippen molar-refractivity contribution in [1.29, 1.82) is 0 Å². The lowest BCUT2D eigenvalue weighted by molar-refractivity contribution is -0.119. The molecule has 0 radical (unpaired) electrons. The van der Waals surface area contributed by atoms with Crippen molar-refractivity contribution in [2.24, 2.45) is 0 Å². The first-order chi connectivity index (χ1) is 15.9. The van der Waals surface area contributed by atoms with E-state index in [1.807, 2.05) is 32.9 Å². The number of fused-ring (bicyclic) bond motifs is 1. The van der Waals surface area contributed by atoms with Crippen LogP contribution in [0.25, 0.3) is 0 Å². The quantitative estimate of drug-likeness (QED) is 0.607. The summed E-state index contributed by atoms with van der Waals surface area (Å²) in [7, 11) is 0. The predicted molar refractivity (Wildman–Crippen MR) is 124 cm³/mol. The summed E-state index contributed by atoms with van der Waals surface area (Å²) in [5.41, 5.74) is 3.62. The number of carbonyl (C=O) groups is 1. The molecule has 2 aliphatic heterocycles. The van der Waals surface area contributed by atoms with Crippen molar-refractivity contribution >= 4 is 17.5 Å². The van der Waals surface area contributed by atoms with Crippen molar-refractivity contribution in [3.05, 3.63) is 70.3 Å². The van der Waals surface area contributed by atoms with Gasteiger partial charge < -0.3 is 4.90 Å². The third kappa shape index (κ3) is 4.29. The van der Waals surface area contributed by atoms with E-state index in [0.29, 0.717) is 25.2 Å². The van der Waals surface area contributed by atoms with Crippen LogP contribution in [0.5, 0.6) is 0 Å². The van der Waals surface area contributed by atoms with Gasteiger partial charge in [-0.3, -0.25) is 9.69 Å². The number of aromatic nitrogens is 4. The SMILES string of the molecule is Cc1cc(N2CCC(c3nc(C)c4c(n3)N(Cc3cccc(F)c3)C(=O)CC4)C2)nc(C)n1. The summed E-state index contributed by atoms with van der Waals surface area (Å²) in [6.45, 7) is 7.81. The van der Waals surface area contributed by atoms with Crippen molar-refractivity contribution in [2.45, 2.75) is 52.5 Å². The van der Waals surface area contributed by atoms with Crippen LogP contribution in [0.3, 0.4) is 0 Å². The van der Waals surface area contributed by atoms with E-state index in [4.69, 9.17) is 9.97 Å². The number of hydrogen-bond donors (Lipinski definition) is 0. The molecule has 170 valence electrons. The highest BCUT2D eigenvalue weighted by Crippen LogP contribution is 2.34. The Balaban J connectivity index is 1.44. The number of amides is 1. The van der Waals surface area contributed by atoms with Gasteiger partial charge in [0.15, 0.2) is 0 Å². The predicted octanol–water partition coefficient (Wildman–Crippen LogP) is 3.80. The number of hydrogen-bond acceptors (Lipinski definition) is 6. The Morgan fingerprint density at radius 3 is 2.70 bits per heavy atom. The molecule has 1 amide bonds. The zero-order valence-electron chi connectivity index (χ0n) is 19.2. The van der Waals surface area contributed by atoms with Crippen LogP contribution in [0, 0.1) is 26.6 Å². The molecule has 0 aliphatic carbocycles. The molecule has 0 saturated carbocycles. The van der Waals surface area contributed by atoms with Gasteiger partial charge in [-0.25, -0.2) is 24.3 Å². The molecule has 0 spiro atoms. The molecule has 1 aromatic carbocycles. The molecule has 2 aliphatic rings. The van der Waals surface area contributed by atoms with Gasteiger partial charge in [0, 0.05) is 48.4 Å². The number of aryl methyl sites for hydroxylation is 3. The summed E-state index contributed by atoms with van der Waals surface area (Å²) in [5, 5.41) is 0. The van der Waals surface area contributed by atoms with Gasteiger partial charge in [0.2, 0.25) is 5.91 Å². The molecule has 3 aromatic rings. The summed E-state index contributed by atoms with van der Waals surface area (Å²) in [5.74, 6) is 2.98. The molecule has 1 saturated heterocycles. The Morgan fingerprint density at radius 1 is 1.06 bits per heavy atom. The lowest BCUT2D eigenvalue weighted by Gasteiger charge is -2.30. The largest absolute Gasteiger partial charge is 0.356 e. The Bertz CT molecular complexity index is 1210. The summed E-state index contributed by atoms with van der Waals surface area (Å²) in [6, 6.07) is 8.39. The molecule has 7 nitrogen and oxygen atoms in total. The minimum atomic E-state index is -0.307. The molecule has 0 bridgehead atoms. The van der Waals surface area contributed by atoms with Gasteiger partial charge in [0.1, 0.15) is 29.1 Å². The lowest BCUT2D eigenvalue weighted by Crippen LogP contribution is -2.36. The van der Waals surface area contributed by atoms with Crippen LogP contribution in [0.2, 0.25) is 0 Å². The average molecular weight is 447 g/mol. The second kappa shape index (κ2) is 8.50. The minimum absolute atomic E-state index is 0.01000. The van der Waals surface area contributed by atoms with Crippen LogP contribution in [0.15, 0.2) is 30.3 Å². The van der Waals surface area contributed by atoms with Crippen molar-refractivity contribution in [3.8, 4) is 0 Å². The summed E-state index contributed by atoms with van der Waals surface area (Å²) in [6.07, 6.45) is 1.96. The zero-order valence-corrected chi connectivity index (χ0v) is 19.2. The molecule has 1 unspecified atom stereocenters. The molecule has 1 atom stereocenters. The Labute approximate surface area is 192 Å². The zero-order chi connectivity index (χ0) is 23.1. The lowest BCUT2D eigenvalue weighted by atomic mass is 10.0. The highest BCUT2D eigenvalue weighted by molar-refractivity contribution is 5.95. The van der Waals surface area contributed by atoms with E-state index in [1.165, 1.54) is 12.1 Å². The fourth-order valence-electron chi connectivity index (χ4n) is 4.81. The normalized spacial score (nSPS) is 18.1. The van der Waals surface area contributed by atoms with Crippen LogP contribution < -0.4 is 9.80 Å². The van der Waals surface area contributed by atoms with Crippen LogP contribution in [0.1, 0.15) is 52.9 Å². The maximum atomic E-state index is 13.7. The molecule has 8 heteroatoms. The third-order valence-electron chi connectivity index (χ3n) is 6.41. The molecule has 5 rings (SSSR count). The van der Waals surface area contributed by atoms with Gasteiger partial charge in [-0.2, -0.15) is 0 Å². The van der Waals surface area contributed by atoms with E-state index in [1.54, 1.807) is 11.0 Å². The molecular weight excluding hydrogens is 419 g/mol. The molecule has 4 heterocycles. The van der Waals surface area contributed by atoms with Gasteiger partial charge in [-0.15, -0.1) is 0 Å². The van der Waals surface area contributed by atoms with Gasteiger partial charge in [-0.1, -0.05) is 12.1 Å². The standard InChI is InChI=1S/C25H27FN6O/c1-15-11-22(29-17(3)27-15)31-10-9-19(14-31)24-28-16(2)21-7-8-23(33)32(25(21)30-24)13-18-5-4-6-20(26)12-18/h4-6,11-12,19H,7-10,13-14H2,1-3H3. The van der Waals surface area contributed by atoms with Crippen molar-refractivity contribution in [3.63, 3.8) is 0 Å². The highest BCUT2D eigenvalue weighted by Gasteiger charge is 2.32. The first-order valence-corrected chi connectivity index (χ1v) is 11.4. The smallest absolute Gasteiger partial charge is 0.228 e. The number of rotatable bonds is 4. The second-order valence-corrected chi connectivity index (χ2v) is 8.93. The van der Waals surface area contributed by atoms with Crippen LogP contribution >= 0.6 is 0 Å². The number of nitrogens with zero attached hydrogens (tertiary/aromatic N) is 6. The van der Waals surface area contributed by atoms with E-state index in [0.717, 1.165) is 59.5 Å². The number of benzene rings is 1. The molecule has 33 heavy (non-hydrogen) atoms. The molecule has 2 aromatic heterocycles. The van der Waals surface area contributed by atoms with E-state index < -0.39 is 0 Å². The first kappa shape index (κ1) is 21.4. The monoisotopic (exact) mass is 446 g/mol. The Morgan fingerprint density at radius 2 is 1.91 bits per heavy atom. The van der Waals surface area contributed by atoms with Gasteiger partial charge in [-0.05, 0) is 51.3 Å². The Hall–Kier alpha value is -3.42. The van der Waals surface area contributed by atoms with Crippen molar-refractivity contribution < 1.29 is 9.18 Å². The van der Waals surface area contributed by atoms with Crippen molar-refractivity contribution in [1.82, 2.24) is 19.9 Å². The van der Waals surface area contributed by atoms with E-state index in [2.05, 4.69) is 14.9 Å². The van der Waals surface area contributed by atoms with Crippen LogP contribution in [0.4, 0.5) is 16.0 Å². The topological polar surface area (TPSA) is 75.1 Å². The molecule has 0 N–H and O–H groups in total. The van der Waals surface area contributed by atoms with Gasteiger partial charge >= 0.3 is 0 Å². The number of anilines is 2. The summed E-state index contributed by atoms with van der Waals surface area (Å²) >= 11 is 0. The number of carbonyl (C=O) groups excluding carboxylic acids is 1. The number of halogens is 1. The first-order valence-electron chi connectivity index (χ1n) is 11.4. The highest BCUT2D eigenvalue weighted by atomic mass is 19.1. The maximum absolute atomic E-state index is 13.7. The van der Waals surface area contributed by atoms with E-state index >= 15 is 0 Å². The minimum Gasteiger partial charge on any atom is -0.356 e. The summed E-state index contributed by atoms with van der Waals surface area (Å²) < 4.78 is 13.7. The fraction of sp³-hybridized carbons (Fsp3) is 0.400. The fourth-order valence-corrected chi connectivity index (χ4v) is 4.81. The van der Waals surface area contributed by atoms with E-state index in [-0.39, 0.29) is 17.6 Å². The van der Waals surface area contributed by atoms with Crippen LogP contribution in [-0.2, 0) is 17.8 Å². The second-order valence-electron chi connectivity index (χ2n) is 8.93. The maximum Gasteiger partial charge on any atom is 0.228 e. The average Bonchev–Trinajstić information content (AvgIpc) is 3.25. The van der Waals surface area contributed by atoms with E-state index in [9.17, 15) is 9.18 Å². The third-order valence-corrected chi connectivity index (χ3v) is 6.41. The summed E-state index contributed by atoms with van der Waals surface area (Å²) in [4.78, 5) is 35.5. The Kier molecular flexibility index (Phi) is 5.52. The van der Waals surface area contributed by atoms with Gasteiger partial charge in [0.25, 0.3) is 0 Å². The molecular formula is C25H27FN6O. The van der Waals surface area contributed by atoms with Crippen molar-refractivity contribution in [2.75, 3.05) is 22.9 Å². The molecule has 1 fully saturated rings. The van der Waals surface area contributed by atoms with Crippen LogP contribution in [-0.4, -0.2) is 38.9 Å².